The van der Waals surface area contributed by atoms with Crippen molar-refractivity contribution in [3.05, 3.63) is 130 Å². The van der Waals surface area contributed by atoms with Crippen molar-refractivity contribution >= 4 is 50.9 Å². The predicted molar refractivity (Wildman–Crippen MR) is 194 cm³/mol. The summed E-state index contributed by atoms with van der Waals surface area (Å²) in [6.45, 7) is 4.25. The zero-order valence-corrected chi connectivity index (χ0v) is 29.1. The van der Waals surface area contributed by atoms with Gasteiger partial charge in [-0.15, -0.1) is 0 Å². The quantitative estimate of drug-likeness (QED) is 0.140. The van der Waals surface area contributed by atoms with Gasteiger partial charge in [-0.3, -0.25) is 5.32 Å². The van der Waals surface area contributed by atoms with Crippen molar-refractivity contribution in [1.29, 1.82) is 0 Å². The molecule has 5 aromatic rings. The summed E-state index contributed by atoms with van der Waals surface area (Å²) in [7, 11) is -2.64. The monoisotopic (exact) mass is 717 g/mol. The Bertz CT molecular complexity index is 2180. The zero-order valence-electron chi connectivity index (χ0n) is 26.8. The molecule has 0 aliphatic carbocycles. The van der Waals surface area contributed by atoms with Gasteiger partial charge in [0.15, 0.2) is 0 Å². The van der Waals surface area contributed by atoms with E-state index in [0.717, 1.165) is 39.2 Å². The lowest BCUT2D eigenvalue weighted by molar-refractivity contribution is 0.187. The molecule has 1 aromatic heterocycles. The molecule has 0 radical (unpaired) electrons. The number of ether oxygens (including phenoxy) is 1. The number of aliphatic hydroxyl groups excluding tert-OH is 1. The Morgan fingerprint density at radius 2 is 1.71 bits per heavy atom. The van der Waals surface area contributed by atoms with Gasteiger partial charge in [-0.1, -0.05) is 79.5 Å². The van der Waals surface area contributed by atoms with E-state index in [0.29, 0.717) is 56.5 Å². The van der Waals surface area contributed by atoms with Gasteiger partial charge in [0.1, 0.15) is 5.82 Å². The molecule has 13 heteroatoms. The molecule has 4 aromatic carbocycles. The summed E-state index contributed by atoms with van der Waals surface area (Å²) in [6, 6.07) is 26.2. The third kappa shape index (κ3) is 7.54. The lowest BCUT2D eigenvalue weighted by Gasteiger charge is -2.16. The second-order valence-corrected chi connectivity index (χ2v) is 14.3. The molecule has 1 aliphatic rings. The maximum Gasteiger partial charge on any atom is 0.411 e. The van der Waals surface area contributed by atoms with Crippen LogP contribution in [0.3, 0.4) is 0 Å². The number of methoxy groups -OCH3 is 1. The Balaban J connectivity index is 1.35. The maximum absolute atomic E-state index is 12.6. The van der Waals surface area contributed by atoms with Crippen LogP contribution in [-0.4, -0.2) is 36.3 Å². The number of aliphatic hydroxyl groups is 1. The van der Waals surface area contributed by atoms with Crippen molar-refractivity contribution < 1.29 is 23.1 Å². The highest BCUT2D eigenvalue weighted by atomic mass is 35.5. The molecule has 2 heterocycles. The number of nitrogens with one attached hydrogen (secondary N) is 2. The van der Waals surface area contributed by atoms with Gasteiger partial charge in [0, 0.05) is 34.6 Å². The Kier molecular flexibility index (Phi) is 9.60. The summed E-state index contributed by atoms with van der Waals surface area (Å²) in [5, 5.41) is 13.6. The number of benzene rings is 4. The summed E-state index contributed by atoms with van der Waals surface area (Å²) >= 11 is 12.7. The average Bonchev–Trinajstić information content (AvgIpc) is 3.60. The first-order valence-electron chi connectivity index (χ1n) is 15.3. The molecule has 0 spiro atoms. The topological polar surface area (TPSA) is 126 Å². The highest BCUT2D eigenvalue weighted by Crippen LogP contribution is 2.33. The molecular weight excluding hydrogens is 685 g/mol. The van der Waals surface area contributed by atoms with E-state index in [2.05, 4.69) is 23.9 Å². The lowest BCUT2D eigenvalue weighted by Crippen LogP contribution is -2.29. The standard InChI is InChI=1S/C36H33Cl2N5O5S/c1-22(2)15-26-12-11-25(17-32(26)40-36(45)48-3)24-9-7-23(8-10-24)16-34-39-33(30-14-13-27(37)18-31(30)38)20-42(34)28-5-4-6-29(19-28)43-21-35(44)41-49(43,46)47/h4-14,17-22,41,44H,15-16H2,1-3H3,(H,40,45). The van der Waals surface area contributed by atoms with E-state index in [9.17, 15) is 18.3 Å². The van der Waals surface area contributed by atoms with Gasteiger partial charge in [0.25, 0.3) is 0 Å². The molecule has 0 saturated carbocycles. The van der Waals surface area contributed by atoms with Crippen molar-refractivity contribution in [3.63, 3.8) is 0 Å². The summed E-state index contributed by atoms with van der Waals surface area (Å²) in [5.41, 5.74) is 6.89. The van der Waals surface area contributed by atoms with Crippen LogP contribution >= 0.6 is 23.2 Å². The molecule has 1 amide bonds. The summed E-state index contributed by atoms with van der Waals surface area (Å²) in [6.07, 6.45) is 3.67. The third-order valence-corrected chi connectivity index (χ3v) is 9.74. The second-order valence-electron chi connectivity index (χ2n) is 11.9. The van der Waals surface area contributed by atoms with Crippen molar-refractivity contribution in [3.8, 4) is 28.1 Å². The number of anilines is 2. The number of nitrogens with zero attached hydrogens (tertiary/aromatic N) is 3. The second kappa shape index (κ2) is 13.9. The number of carbonyl (C=O) groups excluding carboxylic acids is 1. The van der Waals surface area contributed by atoms with Crippen LogP contribution in [0.2, 0.25) is 10.0 Å². The van der Waals surface area contributed by atoms with E-state index in [4.69, 9.17) is 32.9 Å². The molecule has 6 rings (SSSR count). The Hall–Kier alpha value is -4.97. The number of aromatic nitrogens is 2. The lowest BCUT2D eigenvalue weighted by atomic mass is 9.96. The molecule has 0 bridgehead atoms. The minimum atomic E-state index is -3.98. The minimum absolute atomic E-state index is 0.324. The maximum atomic E-state index is 12.6. The molecule has 252 valence electrons. The van der Waals surface area contributed by atoms with Gasteiger partial charge < -0.3 is 14.4 Å². The van der Waals surface area contributed by atoms with E-state index >= 15 is 0 Å². The smallest absolute Gasteiger partial charge is 0.411 e. The van der Waals surface area contributed by atoms with Gasteiger partial charge in [-0.2, -0.15) is 8.42 Å². The molecule has 0 unspecified atom stereocenters. The van der Waals surface area contributed by atoms with E-state index in [1.807, 2.05) is 59.3 Å². The van der Waals surface area contributed by atoms with Crippen LogP contribution in [0.4, 0.5) is 16.2 Å². The molecule has 0 fully saturated rings. The predicted octanol–water partition coefficient (Wildman–Crippen LogP) is 8.49. The number of amides is 1. The first-order chi connectivity index (χ1) is 23.4. The van der Waals surface area contributed by atoms with Crippen molar-refractivity contribution in [2.75, 3.05) is 16.7 Å². The van der Waals surface area contributed by atoms with Crippen LogP contribution in [0.5, 0.6) is 0 Å². The fourth-order valence-corrected chi connectivity index (χ4v) is 7.17. The molecule has 10 nitrogen and oxygen atoms in total. The highest BCUT2D eigenvalue weighted by Gasteiger charge is 2.29. The fourth-order valence-electron chi connectivity index (χ4n) is 5.62. The normalized spacial score (nSPS) is 13.7. The zero-order chi connectivity index (χ0) is 34.9. The summed E-state index contributed by atoms with van der Waals surface area (Å²) in [4.78, 5) is 17.0. The van der Waals surface area contributed by atoms with Crippen LogP contribution in [0.15, 0.2) is 103 Å². The van der Waals surface area contributed by atoms with Gasteiger partial charge in [0.05, 0.1) is 29.7 Å². The largest absolute Gasteiger partial charge is 0.493 e. The molecule has 0 saturated heterocycles. The number of hydrogen-bond donors (Lipinski definition) is 3. The first-order valence-corrected chi connectivity index (χ1v) is 17.5. The van der Waals surface area contributed by atoms with Gasteiger partial charge in [0.2, 0.25) is 5.88 Å². The Labute approximate surface area is 294 Å². The van der Waals surface area contributed by atoms with Crippen LogP contribution in [0.1, 0.15) is 30.8 Å². The van der Waals surface area contributed by atoms with Crippen LogP contribution in [0.25, 0.3) is 28.1 Å². The van der Waals surface area contributed by atoms with Gasteiger partial charge in [-0.25, -0.2) is 18.8 Å². The Morgan fingerprint density at radius 1 is 0.980 bits per heavy atom. The molecule has 0 atom stereocenters. The molecule has 1 aliphatic heterocycles. The number of rotatable bonds is 9. The van der Waals surface area contributed by atoms with Crippen LogP contribution < -0.4 is 14.3 Å². The van der Waals surface area contributed by atoms with E-state index in [1.165, 1.54) is 7.11 Å². The molecule has 3 N–H and O–H groups in total. The minimum Gasteiger partial charge on any atom is -0.493 e. The van der Waals surface area contributed by atoms with Gasteiger partial charge >= 0.3 is 16.3 Å². The number of carbonyl (C=O) groups is 1. The first kappa shape index (κ1) is 33.9. The molecule has 49 heavy (non-hydrogen) atoms. The SMILES string of the molecule is COC(=O)Nc1cc(-c2ccc(Cc3nc(-c4ccc(Cl)cc4Cl)cn3-c3cccc(N4C=C(O)NS4(=O)=O)c3)cc2)ccc1CC(C)C. The molecular formula is C36H33Cl2N5O5S. The fraction of sp³-hybridized carbons (Fsp3) is 0.167. The number of halogens is 2. The van der Waals surface area contributed by atoms with E-state index < -0.39 is 22.2 Å². The Morgan fingerprint density at radius 3 is 2.39 bits per heavy atom. The number of imidazole rings is 1. The highest BCUT2D eigenvalue weighted by molar-refractivity contribution is 7.91. The van der Waals surface area contributed by atoms with Crippen LogP contribution in [-0.2, 0) is 27.8 Å². The van der Waals surface area contributed by atoms with Crippen molar-refractivity contribution in [2.24, 2.45) is 5.92 Å². The summed E-state index contributed by atoms with van der Waals surface area (Å²) in [5.74, 6) is 0.610. The van der Waals surface area contributed by atoms with Crippen molar-refractivity contribution in [1.82, 2.24) is 14.3 Å². The van der Waals surface area contributed by atoms with E-state index in [-0.39, 0.29) is 0 Å². The van der Waals surface area contributed by atoms with Crippen molar-refractivity contribution in [2.45, 2.75) is 26.7 Å². The average molecular weight is 719 g/mol. The van der Waals surface area contributed by atoms with E-state index in [1.54, 1.807) is 36.4 Å². The summed E-state index contributed by atoms with van der Waals surface area (Å²) < 4.78 is 34.9. The third-order valence-electron chi connectivity index (χ3n) is 7.89. The van der Waals surface area contributed by atoms with Crippen LogP contribution in [0, 0.1) is 5.92 Å². The number of hydrogen-bond acceptors (Lipinski definition) is 6. The van der Waals surface area contributed by atoms with Gasteiger partial charge in [-0.05, 0) is 77.1 Å².